The third-order valence-electron chi connectivity index (χ3n) is 4.85. The Morgan fingerprint density at radius 2 is 2.28 bits per heavy atom. The van der Waals surface area contributed by atoms with Gasteiger partial charge < -0.3 is 0 Å². The van der Waals surface area contributed by atoms with Gasteiger partial charge in [-0.1, -0.05) is 48.2 Å². The third kappa shape index (κ3) is 1.85. The summed E-state index contributed by atoms with van der Waals surface area (Å²) in [7, 11) is 0. The van der Waals surface area contributed by atoms with E-state index in [1.165, 1.54) is 24.8 Å². The average molecular weight is 307 g/mol. The van der Waals surface area contributed by atoms with Crippen LogP contribution in [0.15, 0.2) is 22.7 Å². The van der Waals surface area contributed by atoms with Crippen LogP contribution in [0.1, 0.15) is 54.9 Å². The molecule has 0 bridgehead atoms. The molecule has 0 radical (unpaired) electrons. The number of carbonyl (C=O) groups is 1. The molecule has 0 aromatic heterocycles. The van der Waals surface area contributed by atoms with Gasteiger partial charge in [0.25, 0.3) is 0 Å². The summed E-state index contributed by atoms with van der Waals surface area (Å²) in [4.78, 5) is 12.8. The molecular weight excluding hydrogens is 288 g/mol. The SMILES string of the molecule is CC[C@H]1CCC[C@]2(Cc3ccc(Br)cc3C2=O)C1. The standard InChI is InChI=1S/C16H19BrO/c1-2-11-4-3-7-16(9-11)10-12-5-6-13(17)8-14(12)15(16)18/h5-6,8,11H,2-4,7,9-10H2,1H3/t11-,16+/m0/s1. The first-order valence-electron chi connectivity index (χ1n) is 6.98. The molecule has 1 aromatic rings. The maximum Gasteiger partial charge on any atom is 0.169 e. The molecule has 1 fully saturated rings. The number of Topliss-reactive ketones (excluding diaryl/α,β-unsaturated/α-hetero) is 1. The van der Waals surface area contributed by atoms with Crippen molar-refractivity contribution in [3.05, 3.63) is 33.8 Å². The van der Waals surface area contributed by atoms with E-state index >= 15 is 0 Å². The quantitative estimate of drug-likeness (QED) is 0.730. The zero-order valence-electron chi connectivity index (χ0n) is 10.8. The zero-order valence-corrected chi connectivity index (χ0v) is 12.4. The summed E-state index contributed by atoms with van der Waals surface area (Å²) in [6, 6.07) is 6.20. The predicted molar refractivity (Wildman–Crippen MR) is 76.9 cm³/mol. The van der Waals surface area contributed by atoms with Gasteiger partial charge in [-0.25, -0.2) is 0 Å². The summed E-state index contributed by atoms with van der Waals surface area (Å²) in [5.41, 5.74) is 2.18. The number of rotatable bonds is 1. The number of hydrogen-bond acceptors (Lipinski definition) is 1. The molecule has 1 nitrogen and oxygen atoms in total. The van der Waals surface area contributed by atoms with Crippen LogP contribution in [0.5, 0.6) is 0 Å². The smallest absolute Gasteiger partial charge is 0.169 e. The van der Waals surface area contributed by atoms with Crippen molar-refractivity contribution in [3.63, 3.8) is 0 Å². The van der Waals surface area contributed by atoms with E-state index in [0.29, 0.717) is 5.78 Å². The summed E-state index contributed by atoms with van der Waals surface area (Å²) >= 11 is 3.48. The van der Waals surface area contributed by atoms with E-state index in [2.05, 4.69) is 35.0 Å². The molecule has 0 unspecified atom stereocenters. The zero-order chi connectivity index (χ0) is 12.8. The van der Waals surface area contributed by atoms with E-state index < -0.39 is 0 Å². The lowest BCUT2D eigenvalue weighted by Gasteiger charge is -2.36. The van der Waals surface area contributed by atoms with Gasteiger partial charge >= 0.3 is 0 Å². The summed E-state index contributed by atoms with van der Waals surface area (Å²) < 4.78 is 1.02. The molecule has 0 heterocycles. The summed E-state index contributed by atoms with van der Waals surface area (Å²) in [5, 5.41) is 0. The fourth-order valence-corrected chi connectivity index (χ4v) is 4.21. The fraction of sp³-hybridized carbons (Fsp3) is 0.562. The topological polar surface area (TPSA) is 17.1 Å². The summed E-state index contributed by atoms with van der Waals surface area (Å²) in [6.45, 7) is 2.26. The normalized spacial score (nSPS) is 30.8. The number of hydrogen-bond donors (Lipinski definition) is 0. The average Bonchev–Trinajstić information content (AvgIpc) is 2.63. The van der Waals surface area contributed by atoms with Crippen molar-refractivity contribution in [1.82, 2.24) is 0 Å². The van der Waals surface area contributed by atoms with Crippen molar-refractivity contribution in [2.24, 2.45) is 11.3 Å². The van der Waals surface area contributed by atoms with Gasteiger partial charge in [-0.3, -0.25) is 4.79 Å². The lowest BCUT2D eigenvalue weighted by atomic mass is 9.67. The summed E-state index contributed by atoms with van der Waals surface area (Å²) in [5.74, 6) is 1.16. The molecule has 0 amide bonds. The molecule has 0 saturated heterocycles. The second-order valence-corrected chi connectivity index (χ2v) is 6.87. The van der Waals surface area contributed by atoms with Crippen LogP contribution in [-0.2, 0) is 6.42 Å². The van der Waals surface area contributed by atoms with Gasteiger partial charge in [0.1, 0.15) is 0 Å². The molecular formula is C16H19BrO. The van der Waals surface area contributed by atoms with Gasteiger partial charge in [0.2, 0.25) is 0 Å². The minimum absolute atomic E-state index is 0.0535. The van der Waals surface area contributed by atoms with Crippen LogP contribution < -0.4 is 0 Å². The highest BCUT2D eigenvalue weighted by Crippen LogP contribution is 2.49. The first-order chi connectivity index (χ1) is 8.64. The van der Waals surface area contributed by atoms with Crippen LogP contribution in [0.2, 0.25) is 0 Å². The van der Waals surface area contributed by atoms with Crippen LogP contribution in [0.25, 0.3) is 0 Å². The van der Waals surface area contributed by atoms with Crippen LogP contribution >= 0.6 is 15.9 Å². The molecule has 2 aliphatic carbocycles. The number of halogens is 1. The van der Waals surface area contributed by atoms with Crippen LogP contribution in [0.3, 0.4) is 0 Å². The number of fused-ring (bicyclic) bond motifs is 1. The van der Waals surface area contributed by atoms with Crippen molar-refractivity contribution in [2.45, 2.75) is 45.4 Å². The Hall–Kier alpha value is -0.630. The second kappa shape index (κ2) is 4.48. The molecule has 2 atom stereocenters. The van der Waals surface area contributed by atoms with E-state index in [1.54, 1.807) is 0 Å². The molecule has 18 heavy (non-hydrogen) atoms. The Morgan fingerprint density at radius 3 is 3.06 bits per heavy atom. The van der Waals surface area contributed by atoms with E-state index in [-0.39, 0.29) is 5.41 Å². The molecule has 1 spiro atoms. The van der Waals surface area contributed by atoms with Crippen molar-refractivity contribution >= 4 is 21.7 Å². The molecule has 0 aliphatic heterocycles. The molecule has 2 aliphatic rings. The van der Waals surface area contributed by atoms with Gasteiger partial charge in [0, 0.05) is 15.5 Å². The van der Waals surface area contributed by atoms with Gasteiger partial charge in [0.15, 0.2) is 5.78 Å². The monoisotopic (exact) mass is 306 g/mol. The van der Waals surface area contributed by atoms with Gasteiger partial charge in [-0.2, -0.15) is 0 Å². The predicted octanol–water partition coefficient (Wildman–Crippen LogP) is 4.77. The Labute approximate surface area is 117 Å². The number of ketones is 1. The van der Waals surface area contributed by atoms with Crippen LogP contribution in [0.4, 0.5) is 0 Å². The molecule has 2 heteroatoms. The highest BCUT2D eigenvalue weighted by molar-refractivity contribution is 9.10. The minimum Gasteiger partial charge on any atom is -0.294 e. The first-order valence-corrected chi connectivity index (χ1v) is 7.77. The Kier molecular flexibility index (Phi) is 3.09. The Balaban J connectivity index is 1.95. The highest BCUT2D eigenvalue weighted by Gasteiger charge is 2.47. The van der Waals surface area contributed by atoms with Gasteiger partial charge in [-0.15, -0.1) is 0 Å². The number of benzene rings is 1. The van der Waals surface area contributed by atoms with Crippen molar-refractivity contribution in [3.8, 4) is 0 Å². The van der Waals surface area contributed by atoms with E-state index in [9.17, 15) is 4.79 Å². The van der Waals surface area contributed by atoms with Crippen LogP contribution in [0, 0.1) is 11.3 Å². The van der Waals surface area contributed by atoms with Crippen molar-refractivity contribution < 1.29 is 4.79 Å². The fourth-order valence-electron chi connectivity index (χ4n) is 3.85. The minimum atomic E-state index is -0.0535. The van der Waals surface area contributed by atoms with E-state index in [0.717, 1.165) is 35.2 Å². The Morgan fingerprint density at radius 1 is 1.44 bits per heavy atom. The molecule has 1 aromatic carbocycles. The molecule has 3 rings (SSSR count). The number of carbonyl (C=O) groups excluding carboxylic acids is 1. The maximum atomic E-state index is 12.8. The van der Waals surface area contributed by atoms with E-state index in [1.807, 2.05) is 6.07 Å². The first kappa shape index (κ1) is 12.4. The lowest BCUT2D eigenvalue weighted by molar-refractivity contribution is 0.0680. The van der Waals surface area contributed by atoms with Gasteiger partial charge in [-0.05, 0) is 42.9 Å². The lowest BCUT2D eigenvalue weighted by Crippen LogP contribution is -2.34. The largest absolute Gasteiger partial charge is 0.294 e. The Bertz CT molecular complexity index is 494. The van der Waals surface area contributed by atoms with E-state index in [4.69, 9.17) is 0 Å². The molecule has 1 saturated carbocycles. The van der Waals surface area contributed by atoms with Crippen molar-refractivity contribution in [1.29, 1.82) is 0 Å². The summed E-state index contributed by atoms with van der Waals surface area (Å²) in [6.07, 6.45) is 6.92. The highest BCUT2D eigenvalue weighted by atomic mass is 79.9. The third-order valence-corrected chi connectivity index (χ3v) is 5.34. The maximum absolute atomic E-state index is 12.8. The molecule has 0 N–H and O–H groups in total. The van der Waals surface area contributed by atoms with Gasteiger partial charge in [0.05, 0.1) is 0 Å². The molecule has 96 valence electrons. The second-order valence-electron chi connectivity index (χ2n) is 5.96. The van der Waals surface area contributed by atoms with Crippen molar-refractivity contribution in [2.75, 3.05) is 0 Å². The van der Waals surface area contributed by atoms with Crippen LogP contribution in [-0.4, -0.2) is 5.78 Å².